The highest BCUT2D eigenvalue weighted by molar-refractivity contribution is 5.53. The first-order valence-corrected chi connectivity index (χ1v) is 8.67. The summed E-state index contributed by atoms with van der Waals surface area (Å²) in [5.74, 6) is 1.57. The van der Waals surface area contributed by atoms with Crippen molar-refractivity contribution in [3.63, 3.8) is 0 Å². The van der Waals surface area contributed by atoms with Gasteiger partial charge in [-0.3, -0.25) is 0 Å². The molecule has 0 N–H and O–H groups in total. The highest BCUT2D eigenvalue weighted by Gasteiger charge is 2.24. The molecule has 3 aromatic rings. The zero-order valence-corrected chi connectivity index (χ0v) is 16.1. The van der Waals surface area contributed by atoms with Crippen LogP contribution >= 0.6 is 0 Å². The molecule has 0 spiro atoms. The van der Waals surface area contributed by atoms with E-state index in [-0.39, 0.29) is 5.92 Å². The summed E-state index contributed by atoms with van der Waals surface area (Å²) in [6.45, 7) is 0. The van der Waals surface area contributed by atoms with Crippen molar-refractivity contribution < 1.29 is 9.15 Å². The predicted octanol–water partition coefficient (Wildman–Crippen LogP) is 4.60. The average Bonchev–Trinajstić information content (AvgIpc) is 3.11. The summed E-state index contributed by atoms with van der Waals surface area (Å²) in [5, 5.41) is 0. The molecule has 1 aromatic heterocycles. The van der Waals surface area contributed by atoms with Crippen LogP contribution in [0.25, 0.3) is 0 Å². The van der Waals surface area contributed by atoms with Crippen LogP contribution in [0.1, 0.15) is 22.8 Å². The van der Waals surface area contributed by atoms with E-state index < -0.39 is 0 Å². The first-order chi connectivity index (χ1) is 12.5. The first-order valence-electron chi connectivity index (χ1n) is 8.67. The minimum atomic E-state index is -0.0209. The van der Waals surface area contributed by atoms with Crippen molar-refractivity contribution in [2.24, 2.45) is 0 Å². The van der Waals surface area contributed by atoms with E-state index in [4.69, 9.17) is 9.15 Å². The van der Waals surface area contributed by atoms with E-state index in [2.05, 4.69) is 58.3 Å². The third-order valence-corrected chi connectivity index (χ3v) is 4.63. The van der Waals surface area contributed by atoms with Crippen molar-refractivity contribution in [2.75, 3.05) is 45.1 Å². The summed E-state index contributed by atoms with van der Waals surface area (Å²) in [6.07, 6.45) is 1.68. The summed E-state index contributed by atoms with van der Waals surface area (Å²) >= 11 is 0. The molecule has 0 atom stereocenters. The molecule has 0 aliphatic rings. The topological polar surface area (TPSA) is 28.9 Å². The monoisotopic (exact) mass is 350 g/mol. The number of hydrogen-bond acceptors (Lipinski definition) is 4. The van der Waals surface area contributed by atoms with Gasteiger partial charge in [-0.2, -0.15) is 0 Å². The molecule has 0 fully saturated rings. The molecular weight excluding hydrogens is 324 g/mol. The van der Waals surface area contributed by atoms with Gasteiger partial charge < -0.3 is 19.0 Å². The molecule has 2 aromatic carbocycles. The number of ether oxygens (including phenoxy) is 1. The van der Waals surface area contributed by atoms with Gasteiger partial charge in [-0.05, 0) is 35.4 Å². The molecule has 136 valence electrons. The normalized spacial score (nSPS) is 10.8. The third-order valence-electron chi connectivity index (χ3n) is 4.63. The van der Waals surface area contributed by atoms with Crippen molar-refractivity contribution in [1.29, 1.82) is 0 Å². The lowest BCUT2D eigenvalue weighted by atomic mass is 9.88. The molecule has 3 rings (SSSR count). The summed E-state index contributed by atoms with van der Waals surface area (Å²) in [4.78, 5) is 4.19. The molecule has 4 heteroatoms. The number of rotatable bonds is 6. The Kier molecular flexibility index (Phi) is 5.21. The SMILES string of the molecule is COc1ccoc1C(c1ccc(N(C)C)cc1)c1ccc(N(C)C)cc1. The van der Waals surface area contributed by atoms with Crippen molar-refractivity contribution in [3.05, 3.63) is 77.7 Å². The van der Waals surface area contributed by atoms with E-state index in [9.17, 15) is 0 Å². The van der Waals surface area contributed by atoms with Crippen LogP contribution in [-0.2, 0) is 0 Å². The van der Waals surface area contributed by atoms with E-state index in [1.165, 1.54) is 22.5 Å². The highest BCUT2D eigenvalue weighted by atomic mass is 16.5. The molecule has 0 unspecified atom stereocenters. The molecular formula is C22H26N2O2. The van der Waals surface area contributed by atoms with E-state index >= 15 is 0 Å². The largest absolute Gasteiger partial charge is 0.493 e. The Labute approximate surface area is 155 Å². The standard InChI is InChI=1S/C22H26N2O2/c1-23(2)18-10-6-16(7-11-18)21(22-20(25-5)14-15-26-22)17-8-12-19(13-9-17)24(3)4/h6-15,21H,1-5H3. The molecule has 0 radical (unpaired) electrons. The number of hydrogen-bond donors (Lipinski definition) is 0. The molecule has 0 saturated carbocycles. The fraction of sp³-hybridized carbons (Fsp3) is 0.273. The van der Waals surface area contributed by atoms with Gasteiger partial charge in [-0.15, -0.1) is 0 Å². The second-order valence-corrected chi connectivity index (χ2v) is 6.76. The van der Waals surface area contributed by atoms with Gasteiger partial charge in [-0.1, -0.05) is 24.3 Å². The van der Waals surface area contributed by atoms with Gasteiger partial charge in [0.25, 0.3) is 0 Å². The van der Waals surface area contributed by atoms with E-state index in [1.54, 1.807) is 13.4 Å². The number of furan rings is 1. The maximum atomic E-state index is 5.84. The van der Waals surface area contributed by atoms with Crippen molar-refractivity contribution >= 4 is 11.4 Å². The van der Waals surface area contributed by atoms with Gasteiger partial charge >= 0.3 is 0 Å². The fourth-order valence-electron chi connectivity index (χ4n) is 3.11. The van der Waals surface area contributed by atoms with Gasteiger partial charge in [0.05, 0.1) is 19.3 Å². The van der Waals surface area contributed by atoms with Gasteiger partial charge in [0, 0.05) is 45.6 Å². The highest BCUT2D eigenvalue weighted by Crippen LogP contribution is 2.38. The lowest BCUT2D eigenvalue weighted by Gasteiger charge is -2.20. The summed E-state index contributed by atoms with van der Waals surface area (Å²) < 4.78 is 11.4. The van der Waals surface area contributed by atoms with Crippen LogP contribution in [0.5, 0.6) is 5.75 Å². The molecule has 0 aliphatic carbocycles. The third kappa shape index (κ3) is 3.54. The Morgan fingerprint density at radius 3 is 1.58 bits per heavy atom. The summed E-state index contributed by atoms with van der Waals surface area (Å²) in [6, 6.07) is 19.0. The zero-order chi connectivity index (χ0) is 18.7. The smallest absolute Gasteiger partial charge is 0.161 e. The Morgan fingerprint density at radius 1 is 0.731 bits per heavy atom. The average molecular weight is 350 g/mol. The molecule has 0 bridgehead atoms. The van der Waals surface area contributed by atoms with Gasteiger partial charge in [0.1, 0.15) is 0 Å². The molecule has 26 heavy (non-hydrogen) atoms. The summed E-state index contributed by atoms with van der Waals surface area (Å²) in [7, 11) is 9.85. The molecule has 4 nitrogen and oxygen atoms in total. The second-order valence-electron chi connectivity index (χ2n) is 6.76. The minimum absolute atomic E-state index is 0.0209. The number of anilines is 2. The number of methoxy groups -OCH3 is 1. The number of nitrogens with zero attached hydrogens (tertiary/aromatic N) is 2. The van der Waals surface area contributed by atoms with E-state index in [0.717, 1.165) is 11.5 Å². The van der Waals surface area contributed by atoms with Crippen LogP contribution < -0.4 is 14.5 Å². The lowest BCUT2D eigenvalue weighted by molar-refractivity contribution is 0.389. The quantitative estimate of drug-likeness (QED) is 0.650. The van der Waals surface area contributed by atoms with Crippen LogP contribution in [-0.4, -0.2) is 35.3 Å². The van der Waals surface area contributed by atoms with Gasteiger partial charge in [-0.25, -0.2) is 0 Å². The summed E-state index contributed by atoms with van der Waals surface area (Å²) in [5.41, 5.74) is 4.67. The molecule has 0 aliphatic heterocycles. The Hall–Kier alpha value is -2.88. The van der Waals surface area contributed by atoms with E-state index in [0.29, 0.717) is 0 Å². The second kappa shape index (κ2) is 7.56. The lowest BCUT2D eigenvalue weighted by Crippen LogP contribution is -2.10. The van der Waals surface area contributed by atoms with Gasteiger partial charge in [0.2, 0.25) is 0 Å². The minimum Gasteiger partial charge on any atom is -0.493 e. The van der Waals surface area contributed by atoms with Crippen molar-refractivity contribution in [1.82, 2.24) is 0 Å². The van der Waals surface area contributed by atoms with Gasteiger partial charge in [0.15, 0.2) is 11.5 Å². The maximum absolute atomic E-state index is 5.84. The molecule has 0 saturated heterocycles. The predicted molar refractivity (Wildman–Crippen MR) is 108 cm³/mol. The zero-order valence-electron chi connectivity index (χ0n) is 16.1. The molecule has 0 amide bonds. The maximum Gasteiger partial charge on any atom is 0.161 e. The van der Waals surface area contributed by atoms with Crippen LogP contribution in [0.4, 0.5) is 11.4 Å². The van der Waals surface area contributed by atoms with Crippen LogP contribution in [0, 0.1) is 0 Å². The van der Waals surface area contributed by atoms with Crippen LogP contribution in [0.3, 0.4) is 0 Å². The Bertz CT molecular complexity index is 782. The van der Waals surface area contributed by atoms with Crippen LogP contribution in [0.15, 0.2) is 65.3 Å². The Balaban J connectivity index is 2.07. The fourth-order valence-corrected chi connectivity index (χ4v) is 3.11. The number of benzene rings is 2. The van der Waals surface area contributed by atoms with Crippen LogP contribution in [0.2, 0.25) is 0 Å². The first kappa shape index (κ1) is 17.9. The van der Waals surface area contributed by atoms with Crippen molar-refractivity contribution in [3.8, 4) is 5.75 Å². The van der Waals surface area contributed by atoms with Crippen molar-refractivity contribution in [2.45, 2.75) is 5.92 Å². The van der Waals surface area contributed by atoms with E-state index in [1.807, 2.05) is 34.3 Å². The Morgan fingerprint density at radius 2 is 1.19 bits per heavy atom. The molecule has 1 heterocycles.